The van der Waals surface area contributed by atoms with Gasteiger partial charge >= 0.3 is 0 Å². The summed E-state index contributed by atoms with van der Waals surface area (Å²) < 4.78 is 0. The molecule has 0 aromatic heterocycles. The van der Waals surface area contributed by atoms with Crippen LogP contribution in [0.1, 0.15) is 48.0 Å². The molecule has 0 spiro atoms. The summed E-state index contributed by atoms with van der Waals surface area (Å²) in [7, 11) is 0. The van der Waals surface area contributed by atoms with E-state index in [2.05, 4.69) is 61.1 Å². The standard InChI is InChI=1S/C19H38N4/c1-18(2,3)22-11-9-20(10-12-22)16-7-8-21(13-16)17-14-23(15-17)19(4,5)6/h16-17H,7-15H2,1-6H3. The minimum Gasteiger partial charge on any atom is -0.297 e. The summed E-state index contributed by atoms with van der Waals surface area (Å²) in [5.41, 5.74) is 0.676. The maximum Gasteiger partial charge on any atom is 0.0351 e. The second kappa shape index (κ2) is 6.29. The van der Waals surface area contributed by atoms with E-state index in [1.165, 1.54) is 58.8 Å². The summed E-state index contributed by atoms with van der Waals surface area (Å²) >= 11 is 0. The molecule has 0 N–H and O–H groups in total. The molecular formula is C19H38N4. The first kappa shape index (κ1) is 17.7. The summed E-state index contributed by atoms with van der Waals surface area (Å²) in [6.07, 6.45) is 1.38. The van der Waals surface area contributed by atoms with Gasteiger partial charge in [-0.15, -0.1) is 0 Å². The van der Waals surface area contributed by atoms with Gasteiger partial charge in [0, 0.05) is 75.5 Å². The minimum absolute atomic E-state index is 0.330. The van der Waals surface area contributed by atoms with E-state index >= 15 is 0 Å². The van der Waals surface area contributed by atoms with Crippen molar-refractivity contribution in [2.24, 2.45) is 0 Å². The molecule has 23 heavy (non-hydrogen) atoms. The average molecular weight is 323 g/mol. The molecule has 0 bridgehead atoms. The molecule has 0 aliphatic carbocycles. The van der Waals surface area contributed by atoms with E-state index in [-0.39, 0.29) is 0 Å². The van der Waals surface area contributed by atoms with E-state index in [1.807, 2.05) is 0 Å². The van der Waals surface area contributed by atoms with E-state index < -0.39 is 0 Å². The monoisotopic (exact) mass is 322 g/mol. The van der Waals surface area contributed by atoms with Gasteiger partial charge in [-0.2, -0.15) is 0 Å². The van der Waals surface area contributed by atoms with Crippen LogP contribution in [-0.4, -0.2) is 95.1 Å². The molecule has 134 valence electrons. The number of hydrogen-bond donors (Lipinski definition) is 0. The lowest BCUT2D eigenvalue weighted by atomic mass is 9.97. The van der Waals surface area contributed by atoms with E-state index in [9.17, 15) is 0 Å². The first-order valence-electron chi connectivity index (χ1n) is 9.63. The van der Waals surface area contributed by atoms with Gasteiger partial charge in [-0.25, -0.2) is 0 Å². The molecule has 3 saturated heterocycles. The maximum atomic E-state index is 2.77. The normalized spacial score (nSPS) is 30.8. The van der Waals surface area contributed by atoms with Crippen molar-refractivity contribution in [3.05, 3.63) is 0 Å². The van der Waals surface area contributed by atoms with E-state index in [0.717, 1.165) is 12.1 Å². The van der Waals surface area contributed by atoms with Gasteiger partial charge in [0.25, 0.3) is 0 Å². The van der Waals surface area contributed by atoms with Gasteiger partial charge in [0.15, 0.2) is 0 Å². The van der Waals surface area contributed by atoms with Crippen LogP contribution in [0.4, 0.5) is 0 Å². The minimum atomic E-state index is 0.330. The van der Waals surface area contributed by atoms with Crippen LogP contribution in [0.15, 0.2) is 0 Å². The van der Waals surface area contributed by atoms with Crippen LogP contribution in [-0.2, 0) is 0 Å². The molecule has 1 atom stereocenters. The lowest BCUT2D eigenvalue weighted by molar-refractivity contribution is -0.0178. The highest BCUT2D eigenvalue weighted by Gasteiger charge is 2.41. The largest absolute Gasteiger partial charge is 0.297 e. The Labute approximate surface area is 143 Å². The van der Waals surface area contributed by atoms with Crippen molar-refractivity contribution in [2.45, 2.75) is 71.1 Å². The van der Waals surface area contributed by atoms with Gasteiger partial charge < -0.3 is 0 Å². The summed E-state index contributed by atoms with van der Waals surface area (Å²) in [4.78, 5) is 10.8. The molecule has 1 unspecified atom stereocenters. The molecule has 3 fully saturated rings. The molecule has 0 saturated carbocycles. The second-order valence-electron chi connectivity index (χ2n) is 9.86. The van der Waals surface area contributed by atoms with Crippen LogP contribution in [0.5, 0.6) is 0 Å². The third-order valence-corrected chi connectivity index (χ3v) is 6.30. The molecule has 3 aliphatic rings. The Morgan fingerprint density at radius 3 is 1.65 bits per heavy atom. The topological polar surface area (TPSA) is 13.0 Å². The number of rotatable bonds is 2. The number of hydrogen-bond acceptors (Lipinski definition) is 4. The van der Waals surface area contributed by atoms with Gasteiger partial charge in [-0.3, -0.25) is 19.6 Å². The van der Waals surface area contributed by atoms with Crippen molar-refractivity contribution in [1.82, 2.24) is 19.6 Å². The Morgan fingerprint density at radius 2 is 1.13 bits per heavy atom. The first-order valence-corrected chi connectivity index (χ1v) is 9.63. The number of nitrogens with zero attached hydrogens (tertiary/aromatic N) is 4. The zero-order valence-electron chi connectivity index (χ0n) is 16.3. The molecule has 0 aromatic rings. The van der Waals surface area contributed by atoms with Crippen molar-refractivity contribution in [1.29, 1.82) is 0 Å². The molecule has 4 heteroatoms. The Balaban J connectivity index is 1.43. The lowest BCUT2D eigenvalue weighted by Crippen LogP contribution is -2.64. The molecule has 3 rings (SSSR count). The molecule has 3 aliphatic heterocycles. The van der Waals surface area contributed by atoms with E-state index in [1.54, 1.807) is 0 Å². The highest BCUT2D eigenvalue weighted by molar-refractivity contribution is 4.98. The van der Waals surface area contributed by atoms with Gasteiger partial charge in [-0.1, -0.05) is 0 Å². The van der Waals surface area contributed by atoms with Crippen LogP contribution in [0.2, 0.25) is 0 Å². The van der Waals surface area contributed by atoms with E-state index in [4.69, 9.17) is 0 Å². The fraction of sp³-hybridized carbons (Fsp3) is 1.00. The zero-order valence-corrected chi connectivity index (χ0v) is 16.3. The second-order valence-corrected chi connectivity index (χ2v) is 9.86. The Hall–Kier alpha value is -0.160. The van der Waals surface area contributed by atoms with Crippen LogP contribution >= 0.6 is 0 Å². The molecule has 0 amide bonds. The molecule has 4 nitrogen and oxygen atoms in total. The molecule has 0 radical (unpaired) electrons. The predicted octanol–water partition coefficient (Wildman–Crippen LogP) is 1.96. The lowest BCUT2D eigenvalue weighted by Gasteiger charge is -2.51. The molecule has 3 heterocycles. The summed E-state index contributed by atoms with van der Waals surface area (Å²) in [5, 5.41) is 0. The van der Waals surface area contributed by atoms with Gasteiger partial charge in [-0.05, 0) is 48.0 Å². The number of piperazine rings is 1. The highest BCUT2D eigenvalue weighted by atomic mass is 15.4. The van der Waals surface area contributed by atoms with E-state index in [0.29, 0.717) is 11.1 Å². The highest BCUT2D eigenvalue weighted by Crippen LogP contribution is 2.28. The van der Waals surface area contributed by atoms with Gasteiger partial charge in [0.05, 0.1) is 0 Å². The Bertz CT molecular complexity index is 395. The van der Waals surface area contributed by atoms with Gasteiger partial charge in [0.2, 0.25) is 0 Å². The van der Waals surface area contributed by atoms with Crippen LogP contribution in [0.3, 0.4) is 0 Å². The summed E-state index contributed by atoms with van der Waals surface area (Å²) in [6.45, 7) is 24.2. The van der Waals surface area contributed by atoms with Gasteiger partial charge in [0.1, 0.15) is 0 Å². The van der Waals surface area contributed by atoms with Crippen LogP contribution < -0.4 is 0 Å². The van der Waals surface area contributed by atoms with Crippen LogP contribution in [0, 0.1) is 0 Å². The summed E-state index contributed by atoms with van der Waals surface area (Å²) in [5.74, 6) is 0. The smallest absolute Gasteiger partial charge is 0.0351 e. The maximum absolute atomic E-state index is 2.77. The average Bonchev–Trinajstić information content (AvgIpc) is 2.84. The fourth-order valence-corrected chi connectivity index (χ4v) is 4.39. The van der Waals surface area contributed by atoms with Crippen LogP contribution in [0.25, 0.3) is 0 Å². The third-order valence-electron chi connectivity index (χ3n) is 6.30. The Kier molecular flexibility index (Phi) is 4.83. The van der Waals surface area contributed by atoms with Crippen molar-refractivity contribution >= 4 is 0 Å². The van der Waals surface area contributed by atoms with Crippen molar-refractivity contribution in [3.63, 3.8) is 0 Å². The quantitative estimate of drug-likeness (QED) is 0.770. The Morgan fingerprint density at radius 1 is 0.565 bits per heavy atom. The third kappa shape index (κ3) is 3.92. The number of likely N-dealkylation sites (tertiary alicyclic amines) is 2. The van der Waals surface area contributed by atoms with Crippen molar-refractivity contribution in [3.8, 4) is 0 Å². The van der Waals surface area contributed by atoms with Crippen molar-refractivity contribution < 1.29 is 0 Å². The predicted molar refractivity (Wildman–Crippen MR) is 98.0 cm³/mol. The SMILES string of the molecule is CC(C)(C)N1CCN(C2CCN(C3CN(C(C)(C)C)C3)C2)CC1. The molecular weight excluding hydrogens is 284 g/mol. The molecule has 0 aromatic carbocycles. The fourth-order valence-electron chi connectivity index (χ4n) is 4.39. The summed E-state index contributed by atoms with van der Waals surface area (Å²) in [6, 6.07) is 1.62. The first-order chi connectivity index (χ1) is 10.6. The van der Waals surface area contributed by atoms with Crippen molar-refractivity contribution in [2.75, 3.05) is 52.4 Å². The zero-order chi connectivity index (χ0) is 16.8.